The van der Waals surface area contributed by atoms with Crippen molar-refractivity contribution in [3.8, 4) is 6.26 Å². The number of alkyl carbamates (subject to hydrolysis) is 2. The number of nitrogens with zero attached hydrogens (tertiary/aromatic N) is 1. The molecule has 0 aliphatic heterocycles. The maximum absolute atomic E-state index is 12.4. The molecule has 0 saturated carbocycles. The third-order valence-electron chi connectivity index (χ3n) is 9.54. The van der Waals surface area contributed by atoms with Gasteiger partial charge in [-0.25, -0.2) is 24.0 Å². The summed E-state index contributed by atoms with van der Waals surface area (Å²) in [7, 11) is 2.18. The van der Waals surface area contributed by atoms with Gasteiger partial charge in [-0.1, -0.05) is 55.9 Å². The summed E-state index contributed by atoms with van der Waals surface area (Å²) in [5, 5.41) is 30.7. The van der Waals surface area contributed by atoms with Crippen LogP contribution in [0.3, 0.4) is 0 Å². The largest absolute Gasteiger partial charge is 0.465 e. The Hall–Kier alpha value is -4.71. The van der Waals surface area contributed by atoms with Gasteiger partial charge in [0, 0.05) is 68.2 Å². The van der Waals surface area contributed by atoms with Crippen LogP contribution in [0, 0.1) is 23.4 Å². The molecule has 0 fully saturated rings. The Balaban J connectivity index is -0.000000306. The zero-order valence-electron chi connectivity index (χ0n) is 45.6. The quantitative estimate of drug-likeness (QED) is 0.0133. The fourth-order valence-corrected chi connectivity index (χ4v) is 9.43. The molecule has 0 aromatic heterocycles. The van der Waals surface area contributed by atoms with Gasteiger partial charge in [-0.3, -0.25) is 9.59 Å². The number of carbonyl (C=O) groups is 7. The predicted molar refractivity (Wildman–Crippen MR) is 305 cm³/mol. The monoisotopic (exact) mass is 1190 g/mol. The lowest BCUT2D eigenvalue weighted by Gasteiger charge is -2.22. The summed E-state index contributed by atoms with van der Waals surface area (Å²) in [5.41, 5.74) is 0.791. The number of amides is 2. The molecule has 0 aliphatic carbocycles. The maximum Gasteiger partial charge on any atom is 0.407 e. The topological polar surface area (TPSA) is 319 Å². The summed E-state index contributed by atoms with van der Waals surface area (Å²) in [6.07, 6.45) is -0.438. The number of hydrogen-bond acceptors (Lipinski definition) is 24. The fraction of sp³-hybridized carbons (Fsp3) is 0.720. The SMILES string of the molecule is C.C.C.C=C(C)C(=O)OCCNC(=O)OCC(CSCC(C)C(=O)OCCC[Si](C)(OC)OC)OC(=O)NCCOC(=O)C(=C)C.C=C(C)C(=O)OCCOC#N.CO[Si](C)(CCCOC(=O)C(C)CSCC(O)CO)OC. The Bertz CT molecular complexity index is 1770. The summed E-state index contributed by atoms with van der Waals surface area (Å²) in [6, 6.07) is 1.46. The maximum atomic E-state index is 12.4. The first-order valence-electron chi connectivity index (χ1n) is 23.6. The van der Waals surface area contributed by atoms with E-state index in [1.165, 1.54) is 43.6 Å². The first-order chi connectivity index (χ1) is 35.3. The van der Waals surface area contributed by atoms with Crippen LogP contribution in [-0.4, -0.2) is 199 Å². The molecule has 78 heavy (non-hydrogen) atoms. The van der Waals surface area contributed by atoms with Gasteiger partial charge in [0.2, 0.25) is 0 Å². The third-order valence-corrected chi connectivity index (χ3v) is 18.2. The predicted octanol–water partition coefficient (Wildman–Crippen LogP) is 6.23. The number of aliphatic hydroxyl groups is 2. The number of nitriles is 1. The molecule has 4 atom stereocenters. The van der Waals surface area contributed by atoms with Crippen LogP contribution in [0.2, 0.25) is 25.2 Å². The molecule has 4 unspecified atom stereocenters. The number of ether oxygens (including phenoxy) is 8. The summed E-state index contributed by atoms with van der Waals surface area (Å²) >= 11 is 2.74. The molecule has 0 spiro atoms. The van der Waals surface area contributed by atoms with Crippen LogP contribution in [0.5, 0.6) is 0 Å². The number of aliphatic hydroxyl groups excluding tert-OH is 2. The van der Waals surface area contributed by atoms with E-state index in [1.807, 2.05) is 13.1 Å². The molecule has 0 aliphatic rings. The summed E-state index contributed by atoms with van der Waals surface area (Å²) in [4.78, 5) is 81.9. The Morgan fingerprint density at radius 3 is 1.33 bits per heavy atom. The van der Waals surface area contributed by atoms with E-state index in [0.717, 1.165) is 12.5 Å². The smallest absolute Gasteiger partial charge is 0.407 e. The average Bonchev–Trinajstić information content (AvgIpc) is 3.38. The Morgan fingerprint density at radius 1 is 0.577 bits per heavy atom. The minimum atomic E-state index is -2.23. The van der Waals surface area contributed by atoms with Crippen molar-refractivity contribution in [1.29, 1.82) is 5.26 Å². The average molecular weight is 1190 g/mol. The zero-order valence-corrected chi connectivity index (χ0v) is 49.2. The van der Waals surface area contributed by atoms with E-state index >= 15 is 0 Å². The molecule has 28 heteroatoms. The first kappa shape index (κ1) is 84.6. The number of nitrogens with one attached hydrogen (secondary N) is 2. The second-order valence-electron chi connectivity index (χ2n) is 16.5. The second kappa shape index (κ2) is 51.7. The highest BCUT2D eigenvalue weighted by Crippen LogP contribution is 2.18. The number of rotatable bonds is 38. The summed E-state index contributed by atoms with van der Waals surface area (Å²) in [5.74, 6) is -1.36. The van der Waals surface area contributed by atoms with Crippen molar-refractivity contribution in [3.05, 3.63) is 36.5 Å². The van der Waals surface area contributed by atoms with Gasteiger partial charge in [-0.05, 0) is 58.8 Å². The van der Waals surface area contributed by atoms with E-state index in [2.05, 4.69) is 39.8 Å². The van der Waals surface area contributed by atoms with Crippen molar-refractivity contribution < 1.29 is 99.4 Å². The lowest BCUT2D eigenvalue weighted by Crippen LogP contribution is -2.37. The summed E-state index contributed by atoms with van der Waals surface area (Å²) in [6.45, 7) is 22.3. The van der Waals surface area contributed by atoms with Crippen LogP contribution in [0.1, 0.15) is 69.7 Å². The van der Waals surface area contributed by atoms with E-state index in [0.29, 0.717) is 41.9 Å². The van der Waals surface area contributed by atoms with Crippen LogP contribution < -0.4 is 10.6 Å². The van der Waals surface area contributed by atoms with Gasteiger partial charge in [-0.2, -0.15) is 28.8 Å². The normalized spacial score (nSPS) is 11.8. The molecule has 0 aromatic carbocycles. The Labute approximate surface area is 475 Å². The lowest BCUT2D eigenvalue weighted by molar-refractivity contribution is -0.148. The van der Waals surface area contributed by atoms with Crippen molar-refractivity contribution >= 4 is 82.7 Å². The van der Waals surface area contributed by atoms with Crippen molar-refractivity contribution in [2.45, 2.75) is 107 Å². The molecule has 0 radical (unpaired) electrons. The number of esters is 5. The van der Waals surface area contributed by atoms with Crippen molar-refractivity contribution in [2.24, 2.45) is 11.8 Å². The number of hydrogen-bond donors (Lipinski definition) is 4. The van der Waals surface area contributed by atoms with Gasteiger partial charge < -0.3 is 76.4 Å². The highest BCUT2D eigenvalue weighted by Gasteiger charge is 2.29. The molecule has 0 rings (SSSR count). The van der Waals surface area contributed by atoms with E-state index in [9.17, 15) is 38.7 Å². The van der Waals surface area contributed by atoms with Gasteiger partial charge in [0.1, 0.15) is 39.1 Å². The minimum absolute atomic E-state index is 0. The van der Waals surface area contributed by atoms with E-state index in [-0.39, 0.29) is 116 Å². The van der Waals surface area contributed by atoms with Gasteiger partial charge >= 0.3 is 59.2 Å². The van der Waals surface area contributed by atoms with E-state index in [4.69, 9.17) is 56.5 Å². The molecule has 0 saturated heterocycles. The molecule has 4 N–H and O–H groups in total. The third kappa shape index (κ3) is 47.3. The van der Waals surface area contributed by atoms with E-state index < -0.39 is 65.3 Å². The van der Waals surface area contributed by atoms with Crippen molar-refractivity contribution in [1.82, 2.24) is 10.6 Å². The van der Waals surface area contributed by atoms with Gasteiger partial charge in [0.25, 0.3) is 6.26 Å². The van der Waals surface area contributed by atoms with Gasteiger partial charge in [-0.15, -0.1) is 0 Å². The second-order valence-corrected chi connectivity index (χ2v) is 25.8. The van der Waals surface area contributed by atoms with Crippen LogP contribution >= 0.6 is 23.5 Å². The first-order valence-corrected chi connectivity index (χ1v) is 31.0. The van der Waals surface area contributed by atoms with Crippen LogP contribution in [0.4, 0.5) is 9.59 Å². The fourth-order valence-electron chi connectivity index (χ4n) is 4.65. The van der Waals surface area contributed by atoms with Gasteiger partial charge in [0.05, 0.1) is 50.8 Å². The van der Waals surface area contributed by atoms with Crippen molar-refractivity contribution in [3.63, 3.8) is 0 Å². The highest BCUT2D eigenvalue weighted by molar-refractivity contribution is 7.99. The Morgan fingerprint density at radius 2 is 0.962 bits per heavy atom. The summed E-state index contributed by atoms with van der Waals surface area (Å²) < 4.78 is 61.3. The van der Waals surface area contributed by atoms with E-state index in [1.54, 1.807) is 49.2 Å². The van der Waals surface area contributed by atoms with Crippen LogP contribution in [0.15, 0.2) is 36.5 Å². The lowest BCUT2D eigenvalue weighted by atomic mass is 10.2. The van der Waals surface area contributed by atoms with Crippen LogP contribution in [0.25, 0.3) is 0 Å². The number of thioether (sulfide) groups is 2. The molecule has 2 amide bonds. The van der Waals surface area contributed by atoms with Crippen LogP contribution in [-0.2, 0) is 79.6 Å². The Kier molecular flexibility index (Phi) is 56.1. The minimum Gasteiger partial charge on any atom is -0.465 e. The molecule has 24 nitrogen and oxygen atoms in total. The number of carbonyl (C=O) groups excluding carboxylic acids is 7. The molecular weight excluding hydrogens is 1100 g/mol. The molecule has 456 valence electrons. The van der Waals surface area contributed by atoms with Crippen molar-refractivity contribution in [2.75, 3.05) is 117 Å². The zero-order chi connectivity index (χ0) is 57.8. The molecular formula is C50H95N3O21S2Si2. The molecule has 0 heterocycles. The standard InChI is InChI=1S/C27H46N2O12SSi.C13H28O6SSi.C7H9NO3.3CH4/c1-19(2)23(30)38-13-10-28-26(33)40-16-22(41-27(34)29-11-14-39-24(31)20(3)4)18-42-17-21(5)25(32)37-12-9-15-43(8,35-6)36-7;1-11(9-20-10-12(15)8-14)13(16)19-6-5-7-21(4,17-2)18-3;1-6(2)7(9)11-4-3-10-5-8;;;/h21-22H,1,3,9-18H2,2,4-8H3,(H,28,33)(H,29,34);11-12,14-15H,5-10H2,1-4H3;1,3-4H2,2H3;3*1H4. The van der Waals surface area contributed by atoms with Gasteiger partial charge in [0.15, 0.2) is 0 Å². The highest BCUT2D eigenvalue weighted by atomic mass is 32.2. The molecule has 0 bridgehead atoms. The molecule has 0 aromatic rings.